The number of hydrogen-bond acceptors (Lipinski definition) is 6. The van der Waals surface area contributed by atoms with Crippen LogP contribution in [0.4, 0.5) is 11.4 Å². The van der Waals surface area contributed by atoms with Crippen LogP contribution in [0.5, 0.6) is 11.5 Å². The van der Waals surface area contributed by atoms with E-state index in [-0.39, 0.29) is 17.1 Å². The lowest BCUT2D eigenvalue weighted by Crippen LogP contribution is -2.29. The van der Waals surface area contributed by atoms with E-state index in [0.717, 1.165) is 31.6 Å². The smallest absolute Gasteiger partial charge is 0.300 e. The molecule has 2 aliphatic heterocycles. The van der Waals surface area contributed by atoms with Crippen LogP contribution in [0.25, 0.3) is 5.76 Å². The SMILES string of the molecule is COc1ccccc1/C(O)=C1\C(=O)C(=O)N(c2ccc(N3CCCC3)cc2)C1c1cccc(O)c1. The van der Waals surface area contributed by atoms with E-state index in [1.165, 1.54) is 24.1 Å². The van der Waals surface area contributed by atoms with Crippen LogP contribution in [-0.2, 0) is 9.59 Å². The number of phenols is 1. The summed E-state index contributed by atoms with van der Waals surface area (Å²) >= 11 is 0. The van der Waals surface area contributed by atoms with E-state index in [9.17, 15) is 19.8 Å². The Morgan fingerprint density at radius 3 is 2.29 bits per heavy atom. The van der Waals surface area contributed by atoms with E-state index >= 15 is 0 Å². The fourth-order valence-electron chi connectivity index (χ4n) is 4.89. The van der Waals surface area contributed by atoms with Crippen LogP contribution in [0.1, 0.15) is 30.0 Å². The van der Waals surface area contributed by atoms with E-state index in [0.29, 0.717) is 22.6 Å². The van der Waals surface area contributed by atoms with Crippen LogP contribution in [0, 0.1) is 0 Å². The number of methoxy groups -OCH3 is 1. The highest BCUT2D eigenvalue weighted by molar-refractivity contribution is 6.51. The van der Waals surface area contributed by atoms with Crippen LogP contribution >= 0.6 is 0 Å². The number of Topliss-reactive ketones (excluding diaryl/α,β-unsaturated/α-hetero) is 1. The van der Waals surface area contributed by atoms with Gasteiger partial charge in [-0.1, -0.05) is 24.3 Å². The molecule has 5 rings (SSSR count). The van der Waals surface area contributed by atoms with Crippen molar-refractivity contribution >= 4 is 28.8 Å². The minimum atomic E-state index is -0.926. The number of phenolic OH excluding ortho intramolecular Hbond substituents is 1. The summed E-state index contributed by atoms with van der Waals surface area (Å²) in [6.07, 6.45) is 2.30. The molecule has 3 aromatic carbocycles. The number of carbonyl (C=O) groups excluding carboxylic acids is 2. The molecule has 0 aromatic heterocycles. The van der Waals surface area contributed by atoms with Gasteiger partial charge in [0.2, 0.25) is 0 Å². The van der Waals surface area contributed by atoms with Gasteiger partial charge < -0.3 is 19.8 Å². The number of aromatic hydroxyl groups is 1. The Hall–Kier alpha value is -4.26. The van der Waals surface area contributed by atoms with Crippen LogP contribution in [0.15, 0.2) is 78.4 Å². The summed E-state index contributed by atoms with van der Waals surface area (Å²) in [6.45, 7) is 1.98. The highest BCUT2D eigenvalue weighted by Gasteiger charge is 2.47. The predicted molar refractivity (Wildman–Crippen MR) is 134 cm³/mol. The second-order valence-electron chi connectivity index (χ2n) is 8.67. The van der Waals surface area contributed by atoms with E-state index in [2.05, 4.69) is 4.90 Å². The fourth-order valence-corrected chi connectivity index (χ4v) is 4.89. The zero-order valence-corrected chi connectivity index (χ0v) is 19.3. The molecule has 1 atom stereocenters. The highest BCUT2D eigenvalue weighted by Crippen LogP contribution is 2.44. The maximum atomic E-state index is 13.3. The molecule has 0 radical (unpaired) electrons. The van der Waals surface area contributed by atoms with E-state index in [1.807, 2.05) is 24.3 Å². The number of anilines is 2. The number of nitrogens with zero attached hydrogens (tertiary/aromatic N) is 2. The summed E-state index contributed by atoms with van der Waals surface area (Å²) in [5, 5.41) is 21.5. The molecule has 3 aromatic rings. The Bertz CT molecular complexity index is 1310. The second kappa shape index (κ2) is 9.18. The molecular weight excluding hydrogens is 444 g/mol. The molecule has 0 bridgehead atoms. The summed E-state index contributed by atoms with van der Waals surface area (Å²) < 4.78 is 5.37. The van der Waals surface area contributed by atoms with Gasteiger partial charge in [0.1, 0.15) is 17.3 Å². The van der Waals surface area contributed by atoms with Crippen molar-refractivity contribution in [1.29, 1.82) is 0 Å². The largest absolute Gasteiger partial charge is 0.508 e. The Kier molecular flexibility index (Phi) is 5.91. The standard InChI is InChI=1S/C28H26N2O5/c1-35-23-10-3-2-9-22(23)26(32)24-25(18-7-6-8-21(31)17-18)30(28(34)27(24)33)20-13-11-19(12-14-20)29-15-4-5-16-29/h2-3,6-14,17,25,31-32H,4-5,15-16H2,1H3/b26-24+. The van der Waals surface area contributed by atoms with Gasteiger partial charge in [-0.15, -0.1) is 0 Å². The van der Waals surface area contributed by atoms with Gasteiger partial charge in [-0.25, -0.2) is 0 Å². The van der Waals surface area contributed by atoms with E-state index in [1.54, 1.807) is 36.4 Å². The Balaban J connectivity index is 1.65. The number of aliphatic hydroxyl groups excluding tert-OH is 1. The van der Waals surface area contributed by atoms with Crippen molar-refractivity contribution in [1.82, 2.24) is 0 Å². The molecule has 2 aliphatic rings. The molecule has 2 fully saturated rings. The molecule has 2 N–H and O–H groups in total. The lowest BCUT2D eigenvalue weighted by Gasteiger charge is -2.26. The lowest BCUT2D eigenvalue weighted by molar-refractivity contribution is -0.132. The minimum Gasteiger partial charge on any atom is -0.508 e. The summed E-state index contributed by atoms with van der Waals surface area (Å²) in [5.41, 5.74) is 2.34. The predicted octanol–water partition coefficient (Wildman–Crippen LogP) is 4.63. The molecule has 1 amide bonds. The third-order valence-electron chi connectivity index (χ3n) is 6.59. The first-order valence-corrected chi connectivity index (χ1v) is 11.6. The Labute approximate surface area is 203 Å². The van der Waals surface area contributed by atoms with Crippen molar-refractivity contribution in [2.24, 2.45) is 0 Å². The molecule has 1 unspecified atom stereocenters. The first-order valence-electron chi connectivity index (χ1n) is 11.6. The maximum Gasteiger partial charge on any atom is 0.300 e. The average molecular weight is 471 g/mol. The van der Waals surface area contributed by atoms with Crippen LogP contribution in [0.2, 0.25) is 0 Å². The van der Waals surface area contributed by atoms with Gasteiger partial charge >= 0.3 is 0 Å². The van der Waals surface area contributed by atoms with Crippen molar-refractivity contribution in [3.05, 3.63) is 89.5 Å². The number of ether oxygens (including phenoxy) is 1. The van der Waals surface area contributed by atoms with Crippen molar-refractivity contribution in [2.75, 3.05) is 30.0 Å². The second-order valence-corrected chi connectivity index (χ2v) is 8.67. The molecule has 0 aliphatic carbocycles. The molecule has 2 saturated heterocycles. The third kappa shape index (κ3) is 3.99. The number of carbonyl (C=O) groups is 2. The quantitative estimate of drug-likeness (QED) is 0.321. The fraction of sp³-hybridized carbons (Fsp3) is 0.214. The molecule has 0 spiro atoms. The number of rotatable bonds is 5. The Morgan fingerprint density at radius 1 is 0.914 bits per heavy atom. The van der Waals surface area contributed by atoms with Gasteiger partial charge in [0.15, 0.2) is 0 Å². The van der Waals surface area contributed by atoms with Gasteiger partial charge in [0.25, 0.3) is 11.7 Å². The Morgan fingerprint density at radius 2 is 1.60 bits per heavy atom. The van der Waals surface area contributed by atoms with E-state index < -0.39 is 17.7 Å². The van der Waals surface area contributed by atoms with Crippen molar-refractivity contribution in [3.8, 4) is 11.5 Å². The summed E-state index contributed by atoms with van der Waals surface area (Å²) in [6, 6.07) is 19.7. The molecule has 178 valence electrons. The molecule has 7 heteroatoms. The van der Waals surface area contributed by atoms with Crippen LogP contribution in [-0.4, -0.2) is 42.1 Å². The highest BCUT2D eigenvalue weighted by atomic mass is 16.5. The van der Waals surface area contributed by atoms with Crippen molar-refractivity contribution in [3.63, 3.8) is 0 Å². The number of para-hydroxylation sites is 1. The minimum absolute atomic E-state index is 0.00485. The third-order valence-corrected chi connectivity index (χ3v) is 6.59. The molecule has 2 heterocycles. The topological polar surface area (TPSA) is 90.3 Å². The zero-order valence-electron chi connectivity index (χ0n) is 19.3. The summed E-state index contributed by atoms with van der Waals surface area (Å²) in [7, 11) is 1.47. The normalized spacial score (nSPS) is 19.4. The number of hydrogen-bond donors (Lipinski definition) is 2. The first-order chi connectivity index (χ1) is 17.0. The van der Waals surface area contributed by atoms with Crippen LogP contribution < -0.4 is 14.5 Å². The first kappa shape index (κ1) is 22.5. The molecule has 0 saturated carbocycles. The number of amides is 1. The monoisotopic (exact) mass is 470 g/mol. The number of benzene rings is 3. The van der Waals surface area contributed by atoms with Gasteiger partial charge in [0, 0.05) is 24.5 Å². The summed E-state index contributed by atoms with van der Waals surface area (Å²) in [4.78, 5) is 30.3. The van der Waals surface area contributed by atoms with Gasteiger partial charge in [-0.3, -0.25) is 14.5 Å². The van der Waals surface area contributed by atoms with E-state index in [4.69, 9.17) is 4.74 Å². The number of ketones is 1. The lowest BCUT2D eigenvalue weighted by atomic mass is 9.94. The van der Waals surface area contributed by atoms with Gasteiger partial charge in [0.05, 0.1) is 24.3 Å². The van der Waals surface area contributed by atoms with Crippen LogP contribution in [0.3, 0.4) is 0 Å². The van der Waals surface area contributed by atoms with Gasteiger partial charge in [-0.05, 0) is 66.9 Å². The van der Waals surface area contributed by atoms with Crippen molar-refractivity contribution in [2.45, 2.75) is 18.9 Å². The maximum absolute atomic E-state index is 13.3. The molecule has 7 nitrogen and oxygen atoms in total. The van der Waals surface area contributed by atoms with Crippen molar-refractivity contribution < 1.29 is 24.5 Å². The zero-order chi connectivity index (χ0) is 24.5. The van der Waals surface area contributed by atoms with Gasteiger partial charge in [-0.2, -0.15) is 0 Å². The summed E-state index contributed by atoms with van der Waals surface area (Å²) in [5.74, 6) is -1.50. The number of aliphatic hydroxyl groups is 1. The molecular formula is C28H26N2O5. The average Bonchev–Trinajstić information content (AvgIpc) is 3.51. The molecule has 35 heavy (non-hydrogen) atoms.